The molecule has 4 heterocycles. The summed E-state index contributed by atoms with van der Waals surface area (Å²) in [5.74, 6) is -0.261. The van der Waals surface area contributed by atoms with Gasteiger partial charge in [-0.1, -0.05) is 6.07 Å². The van der Waals surface area contributed by atoms with Crippen molar-refractivity contribution < 1.29 is 22.8 Å². The highest BCUT2D eigenvalue weighted by molar-refractivity contribution is 9.10. The van der Waals surface area contributed by atoms with E-state index in [2.05, 4.69) is 41.3 Å². The molecule has 0 radical (unpaired) electrons. The van der Waals surface area contributed by atoms with Crippen LogP contribution in [0.4, 0.5) is 5.82 Å². The third-order valence-electron chi connectivity index (χ3n) is 9.01. The number of aryl methyl sites for hydroxylation is 3. The van der Waals surface area contributed by atoms with Gasteiger partial charge in [0.1, 0.15) is 39.9 Å². The Labute approximate surface area is 274 Å². The molecule has 0 spiro atoms. The maximum absolute atomic E-state index is 14.2. The van der Waals surface area contributed by atoms with E-state index in [1.54, 1.807) is 38.4 Å². The largest absolute Gasteiger partial charge is 0.325 e. The number of rotatable bonds is 8. The quantitative estimate of drug-likeness (QED) is 0.204. The molecule has 15 heteroatoms. The Balaban J connectivity index is 1.37. The zero-order chi connectivity index (χ0) is 33.3. The summed E-state index contributed by atoms with van der Waals surface area (Å²) in [5, 5.41) is 6.70. The van der Waals surface area contributed by atoms with Gasteiger partial charge in [0, 0.05) is 48.0 Å². The molecule has 46 heavy (non-hydrogen) atoms. The number of Topliss-reactive ketones (excluding diaryl/α,β-unsaturated/α-hetero) is 1. The molecule has 2 aliphatic rings. The van der Waals surface area contributed by atoms with Gasteiger partial charge in [-0.05, 0) is 84.4 Å². The molecular formula is C31H33BrN8O5S. The Morgan fingerprint density at radius 3 is 2.43 bits per heavy atom. The summed E-state index contributed by atoms with van der Waals surface area (Å²) in [5.41, 5.74) is 9.16. The summed E-state index contributed by atoms with van der Waals surface area (Å²) in [6.07, 6.45) is 4.91. The number of benzene rings is 1. The van der Waals surface area contributed by atoms with Crippen molar-refractivity contribution >= 4 is 60.1 Å². The van der Waals surface area contributed by atoms with Crippen molar-refractivity contribution in [2.75, 3.05) is 11.6 Å². The Morgan fingerprint density at radius 2 is 1.78 bits per heavy atom. The molecule has 3 N–H and O–H groups in total. The number of amides is 2. The number of carbonyl (C=O) groups excluding carboxylic acids is 3. The van der Waals surface area contributed by atoms with Gasteiger partial charge in [0.2, 0.25) is 11.8 Å². The van der Waals surface area contributed by atoms with Crippen molar-refractivity contribution in [1.82, 2.24) is 29.6 Å². The molecule has 2 amide bonds. The molecule has 240 valence electrons. The maximum atomic E-state index is 14.2. The maximum Gasteiger partial charge on any atom is 0.248 e. The first-order valence-electron chi connectivity index (χ1n) is 14.6. The second kappa shape index (κ2) is 11.3. The summed E-state index contributed by atoms with van der Waals surface area (Å²) in [6, 6.07) is 5.73. The fourth-order valence-electron chi connectivity index (χ4n) is 6.64. The monoisotopic (exact) mass is 708 g/mol. The van der Waals surface area contributed by atoms with Crippen LogP contribution in [-0.4, -0.2) is 79.4 Å². The van der Waals surface area contributed by atoms with Gasteiger partial charge in [-0.25, -0.2) is 23.4 Å². The van der Waals surface area contributed by atoms with Crippen LogP contribution in [0, 0.1) is 26.2 Å². The van der Waals surface area contributed by atoms with E-state index >= 15 is 0 Å². The lowest BCUT2D eigenvalue weighted by Crippen LogP contribution is -2.47. The zero-order valence-corrected chi connectivity index (χ0v) is 28.3. The second-order valence-corrected chi connectivity index (χ2v) is 15.3. The number of nitrogens with two attached hydrogens (primary N) is 1. The number of nitrogens with zero attached hydrogens (tertiary/aromatic N) is 6. The predicted octanol–water partition coefficient (Wildman–Crippen LogP) is 3.11. The summed E-state index contributed by atoms with van der Waals surface area (Å²) >= 11 is 3.32. The Kier molecular flexibility index (Phi) is 7.84. The standard InChI is InChI=1S/C31H33BrN8O5S/c1-15-6-7-24(32)36-28(15)37-29(43)22-10-31(30(33)46(5,44)45)11-23(31)40(22)25(42)14-39-27-16(2)8-19(20-12-34-18(4)35-13-20)9-21(27)26(38-39)17(3)41/h6-9,12-13,22-23,30H,10-11,14,33H2,1-5H3,(H,36,37,43)/t22-,23+,30?,31-/m0/s1. The second-order valence-electron chi connectivity index (χ2n) is 12.3. The third-order valence-corrected chi connectivity index (χ3v) is 10.8. The van der Waals surface area contributed by atoms with Crippen LogP contribution in [0.3, 0.4) is 0 Å². The van der Waals surface area contributed by atoms with Crippen LogP contribution in [0.15, 0.2) is 41.3 Å². The summed E-state index contributed by atoms with van der Waals surface area (Å²) in [7, 11) is -3.68. The van der Waals surface area contributed by atoms with Crippen molar-refractivity contribution in [3.63, 3.8) is 0 Å². The molecule has 1 saturated carbocycles. The molecule has 4 aromatic rings. The third kappa shape index (κ3) is 5.49. The minimum atomic E-state index is -3.68. The van der Waals surface area contributed by atoms with Crippen LogP contribution in [0.5, 0.6) is 0 Å². The number of hydrogen-bond acceptors (Lipinski definition) is 10. The molecule has 1 unspecified atom stereocenters. The fourth-order valence-corrected chi connectivity index (χ4v) is 8.15. The number of piperidine rings is 1. The van der Waals surface area contributed by atoms with Crippen molar-refractivity contribution in [2.24, 2.45) is 11.1 Å². The first-order chi connectivity index (χ1) is 21.6. The Morgan fingerprint density at radius 1 is 1.09 bits per heavy atom. The number of ketones is 1. The number of sulfone groups is 1. The van der Waals surface area contributed by atoms with Crippen LogP contribution in [0.1, 0.15) is 47.2 Å². The van der Waals surface area contributed by atoms with Crippen LogP contribution in [0.25, 0.3) is 22.0 Å². The van der Waals surface area contributed by atoms with Gasteiger partial charge in [-0.3, -0.25) is 19.1 Å². The van der Waals surface area contributed by atoms with Crippen LogP contribution < -0.4 is 11.1 Å². The van der Waals surface area contributed by atoms with Crippen molar-refractivity contribution in [3.05, 3.63) is 63.9 Å². The van der Waals surface area contributed by atoms with Crippen molar-refractivity contribution in [2.45, 2.75) is 64.5 Å². The van der Waals surface area contributed by atoms with Gasteiger partial charge in [0.25, 0.3) is 0 Å². The summed E-state index contributed by atoms with van der Waals surface area (Å²) in [6.45, 7) is 6.58. The molecule has 0 bridgehead atoms. The van der Waals surface area contributed by atoms with E-state index in [9.17, 15) is 22.8 Å². The Bertz CT molecular complexity index is 2050. The zero-order valence-electron chi connectivity index (χ0n) is 25.9. The van der Waals surface area contributed by atoms with Gasteiger partial charge in [0.15, 0.2) is 15.6 Å². The molecule has 1 aromatic carbocycles. The summed E-state index contributed by atoms with van der Waals surface area (Å²) < 4.78 is 27.1. The molecule has 6 rings (SSSR count). The smallest absolute Gasteiger partial charge is 0.248 e. The van der Waals surface area contributed by atoms with E-state index < -0.39 is 44.5 Å². The van der Waals surface area contributed by atoms with Crippen LogP contribution >= 0.6 is 15.9 Å². The average Bonchev–Trinajstić information content (AvgIpc) is 3.41. The highest BCUT2D eigenvalue weighted by Gasteiger charge is 2.71. The SMILES string of the molecule is CC(=O)c1nn(CC(=O)N2[C@H](C(=O)Nc3nc(Br)ccc3C)C[C@]3(C(N)S(C)(=O)=O)C[C@@H]23)c2c(C)cc(-c3cnc(C)nc3)cc12. The molecule has 2 fully saturated rings. The lowest BCUT2D eigenvalue weighted by atomic mass is 9.99. The molecule has 4 atom stereocenters. The fraction of sp³-hybridized carbons (Fsp3) is 0.387. The van der Waals surface area contributed by atoms with Crippen molar-refractivity contribution in [1.29, 1.82) is 0 Å². The number of halogens is 1. The molecule has 1 saturated heterocycles. The number of anilines is 1. The van der Waals surface area contributed by atoms with E-state index in [1.165, 1.54) is 16.5 Å². The summed E-state index contributed by atoms with van der Waals surface area (Å²) in [4.78, 5) is 55.0. The van der Waals surface area contributed by atoms with E-state index in [1.807, 2.05) is 19.1 Å². The van der Waals surface area contributed by atoms with Gasteiger partial charge < -0.3 is 16.0 Å². The van der Waals surface area contributed by atoms with Gasteiger partial charge in [-0.15, -0.1) is 0 Å². The van der Waals surface area contributed by atoms with E-state index in [-0.39, 0.29) is 24.4 Å². The van der Waals surface area contributed by atoms with Crippen LogP contribution in [0.2, 0.25) is 0 Å². The number of likely N-dealkylation sites (tertiary alicyclic amines) is 1. The number of carbonyl (C=O) groups is 3. The molecule has 1 aliphatic heterocycles. The first kappa shape index (κ1) is 31.9. The topological polar surface area (TPSA) is 183 Å². The lowest BCUT2D eigenvalue weighted by Gasteiger charge is -2.27. The van der Waals surface area contributed by atoms with Crippen molar-refractivity contribution in [3.8, 4) is 11.1 Å². The van der Waals surface area contributed by atoms with Gasteiger partial charge >= 0.3 is 0 Å². The average molecular weight is 710 g/mol. The molecule has 13 nitrogen and oxygen atoms in total. The lowest BCUT2D eigenvalue weighted by molar-refractivity contribution is -0.138. The minimum absolute atomic E-state index is 0.0795. The van der Waals surface area contributed by atoms with Gasteiger partial charge in [-0.2, -0.15) is 5.10 Å². The number of fused-ring (bicyclic) bond motifs is 2. The normalized spacial score (nSPS) is 21.2. The minimum Gasteiger partial charge on any atom is -0.325 e. The van der Waals surface area contributed by atoms with E-state index in [0.717, 1.165) is 22.9 Å². The van der Waals surface area contributed by atoms with E-state index in [0.29, 0.717) is 39.1 Å². The number of hydrogen-bond donors (Lipinski definition) is 2. The highest BCUT2D eigenvalue weighted by atomic mass is 79.9. The molecule has 3 aromatic heterocycles. The van der Waals surface area contributed by atoms with E-state index in [4.69, 9.17) is 5.73 Å². The molecule has 1 aliphatic carbocycles. The van der Waals surface area contributed by atoms with Gasteiger partial charge in [0.05, 0.1) is 5.52 Å². The highest BCUT2D eigenvalue weighted by Crippen LogP contribution is 2.62. The van der Waals surface area contributed by atoms with Crippen LogP contribution in [-0.2, 0) is 26.0 Å². The number of nitrogens with one attached hydrogen (secondary N) is 1. The predicted molar refractivity (Wildman–Crippen MR) is 174 cm³/mol. The molecular weight excluding hydrogens is 676 g/mol. The Hall–Kier alpha value is -4.08. The number of pyridine rings is 1. The first-order valence-corrected chi connectivity index (χ1v) is 17.4. The number of aromatic nitrogens is 5.